The van der Waals surface area contributed by atoms with Crippen molar-refractivity contribution in [1.29, 1.82) is 0 Å². The fourth-order valence-corrected chi connectivity index (χ4v) is 5.22. The normalized spacial score (nSPS) is 18.7. The molecule has 0 fully saturated rings. The van der Waals surface area contributed by atoms with E-state index in [1.807, 2.05) is 18.3 Å². The molecule has 8 heteroatoms. The molecule has 0 saturated carbocycles. The van der Waals surface area contributed by atoms with Crippen LogP contribution in [0.1, 0.15) is 34.3 Å². The Morgan fingerprint density at radius 3 is 2.79 bits per heavy atom. The first kappa shape index (κ1) is 21.4. The van der Waals surface area contributed by atoms with E-state index >= 15 is 4.39 Å². The zero-order valence-electron chi connectivity index (χ0n) is 18.3. The predicted molar refractivity (Wildman–Crippen MR) is 129 cm³/mol. The molecule has 2 aromatic heterocycles. The molecule has 33 heavy (non-hydrogen) atoms. The maximum atomic E-state index is 15.6. The highest BCUT2D eigenvalue weighted by molar-refractivity contribution is 6.34. The minimum atomic E-state index is -0.699. The molecule has 168 valence electrons. The van der Waals surface area contributed by atoms with Crippen LogP contribution in [-0.2, 0) is 5.41 Å². The monoisotopic (exact) mass is 463 g/mol. The third kappa shape index (κ3) is 3.35. The van der Waals surface area contributed by atoms with Crippen LogP contribution >= 0.6 is 11.6 Å². The largest absolute Gasteiger partial charge is 0.398 e. The van der Waals surface area contributed by atoms with E-state index in [2.05, 4.69) is 21.4 Å². The van der Waals surface area contributed by atoms with Gasteiger partial charge in [0.1, 0.15) is 11.6 Å². The van der Waals surface area contributed by atoms with Crippen molar-refractivity contribution in [3.05, 3.63) is 76.5 Å². The van der Waals surface area contributed by atoms with Crippen LogP contribution in [0.5, 0.6) is 0 Å². The molecule has 1 atom stereocenters. The van der Waals surface area contributed by atoms with Gasteiger partial charge in [-0.2, -0.15) is 0 Å². The van der Waals surface area contributed by atoms with Gasteiger partial charge in [0.25, 0.3) is 5.91 Å². The number of anilines is 2. The van der Waals surface area contributed by atoms with Crippen LogP contribution < -0.4 is 11.1 Å². The molecule has 0 bridgehead atoms. The van der Waals surface area contributed by atoms with E-state index in [4.69, 9.17) is 17.3 Å². The number of halogens is 2. The third-order valence-corrected chi connectivity index (χ3v) is 6.88. The molecule has 5 rings (SSSR count). The van der Waals surface area contributed by atoms with Gasteiger partial charge in [-0.15, -0.1) is 0 Å². The average molecular weight is 464 g/mol. The lowest BCUT2D eigenvalue weighted by Gasteiger charge is -2.23. The van der Waals surface area contributed by atoms with Crippen LogP contribution in [0.4, 0.5) is 15.9 Å². The zero-order valence-corrected chi connectivity index (χ0v) is 19.1. The summed E-state index contributed by atoms with van der Waals surface area (Å²) in [6.45, 7) is 0.664. The van der Waals surface area contributed by atoms with Gasteiger partial charge < -0.3 is 16.0 Å². The Morgan fingerprint density at radius 2 is 2.06 bits per heavy atom. The molecule has 6 nitrogen and oxygen atoms in total. The highest BCUT2D eigenvalue weighted by atomic mass is 35.5. The number of hydrogen-bond acceptors (Lipinski definition) is 5. The Labute approximate surface area is 196 Å². The second-order valence-corrected chi connectivity index (χ2v) is 9.10. The number of nitrogen functional groups attached to an aromatic ring is 1. The molecular formula is C25H23ClFN5O. The number of nitrogens with two attached hydrogens (primary N) is 1. The second-order valence-electron chi connectivity index (χ2n) is 8.72. The zero-order chi connectivity index (χ0) is 23.3. The number of fused-ring (bicyclic) bond motifs is 2. The van der Waals surface area contributed by atoms with E-state index in [1.165, 1.54) is 16.5 Å². The Kier molecular flexibility index (Phi) is 5.09. The predicted octanol–water partition coefficient (Wildman–Crippen LogP) is 4.76. The molecule has 1 amide bonds. The summed E-state index contributed by atoms with van der Waals surface area (Å²) in [7, 11) is 3.11. The van der Waals surface area contributed by atoms with E-state index in [-0.39, 0.29) is 22.2 Å². The highest BCUT2D eigenvalue weighted by Crippen LogP contribution is 2.52. The van der Waals surface area contributed by atoms with Crippen molar-refractivity contribution < 1.29 is 9.18 Å². The number of hydrogen-bond donors (Lipinski definition) is 2. The summed E-state index contributed by atoms with van der Waals surface area (Å²) >= 11 is 6.94. The van der Waals surface area contributed by atoms with Crippen molar-refractivity contribution in [2.24, 2.45) is 0 Å². The maximum Gasteiger partial charge on any atom is 0.258 e. The number of pyridine rings is 2. The van der Waals surface area contributed by atoms with Gasteiger partial charge in [-0.25, -0.2) is 9.37 Å². The van der Waals surface area contributed by atoms with Gasteiger partial charge in [0.2, 0.25) is 0 Å². The van der Waals surface area contributed by atoms with Crippen LogP contribution in [0.2, 0.25) is 5.02 Å². The van der Waals surface area contributed by atoms with Crippen LogP contribution in [0.3, 0.4) is 0 Å². The van der Waals surface area contributed by atoms with E-state index in [9.17, 15) is 4.79 Å². The highest BCUT2D eigenvalue weighted by Gasteiger charge is 2.44. The van der Waals surface area contributed by atoms with Gasteiger partial charge in [-0.05, 0) is 42.2 Å². The number of nitrogens with zero attached hydrogens (tertiary/aromatic N) is 3. The minimum Gasteiger partial charge on any atom is -0.398 e. The fourth-order valence-electron chi connectivity index (χ4n) is 4.79. The second kappa shape index (κ2) is 7.85. The van der Waals surface area contributed by atoms with E-state index < -0.39 is 11.7 Å². The number of amides is 1. The molecule has 3 N–H and O–H groups in total. The molecular weight excluding hydrogens is 441 g/mol. The van der Waals surface area contributed by atoms with Crippen molar-refractivity contribution >= 4 is 34.6 Å². The summed E-state index contributed by atoms with van der Waals surface area (Å²) < 4.78 is 15.6. The number of carbonyl (C=O) groups is 1. The molecule has 2 aliphatic rings. The van der Waals surface area contributed by atoms with Crippen LogP contribution in [-0.4, -0.2) is 41.4 Å². The molecule has 1 aliphatic heterocycles. The SMILES string of the molecule is CN(C)C(=O)c1c(N)ccc(-c2cnc3c(c2Cl)C2(C=C(c4cccnc4)CC2)CN3)c1F. The fraction of sp³-hybridized carbons (Fsp3) is 0.240. The standard InChI is InChI=1S/C25H23ClFN5O/c1-32(2)24(33)19-18(28)6-5-16(22(19)27)17-12-30-23-20(21(17)26)25(13-31-23)8-7-14(10-25)15-4-3-9-29-11-15/h3-6,9-12H,7-8,13,28H2,1-2H3,(H,30,31). The van der Waals surface area contributed by atoms with E-state index in [1.54, 1.807) is 32.6 Å². The average Bonchev–Trinajstić information content (AvgIpc) is 3.40. The van der Waals surface area contributed by atoms with E-state index in [0.717, 1.165) is 24.0 Å². The summed E-state index contributed by atoms with van der Waals surface area (Å²) in [6.07, 6.45) is 9.14. The Morgan fingerprint density at radius 1 is 1.24 bits per heavy atom. The Hall–Kier alpha value is -3.45. The van der Waals surface area contributed by atoms with Gasteiger partial charge in [-0.3, -0.25) is 9.78 Å². The van der Waals surface area contributed by atoms with Gasteiger partial charge in [0.15, 0.2) is 0 Å². The van der Waals surface area contributed by atoms with Crippen molar-refractivity contribution in [3.63, 3.8) is 0 Å². The first-order chi connectivity index (χ1) is 15.8. The number of nitrogens with one attached hydrogen (secondary N) is 1. The van der Waals surface area contributed by atoms with Crippen molar-refractivity contribution in [3.8, 4) is 11.1 Å². The quantitative estimate of drug-likeness (QED) is 0.547. The first-order valence-corrected chi connectivity index (χ1v) is 11.0. The summed E-state index contributed by atoms with van der Waals surface area (Å²) in [4.78, 5) is 22.6. The van der Waals surface area contributed by atoms with Crippen LogP contribution in [0.15, 0.2) is 48.9 Å². The molecule has 0 radical (unpaired) electrons. The summed E-state index contributed by atoms with van der Waals surface area (Å²) in [5, 5.41) is 3.79. The van der Waals surface area contributed by atoms with Gasteiger partial charge in [0.05, 0.1) is 10.6 Å². The number of carbonyl (C=O) groups excluding carboxylic acids is 1. The summed E-state index contributed by atoms with van der Waals surface area (Å²) in [5.41, 5.74) is 9.30. The lowest BCUT2D eigenvalue weighted by Crippen LogP contribution is -2.24. The first-order valence-electron chi connectivity index (χ1n) is 10.7. The van der Waals surface area contributed by atoms with Crippen molar-refractivity contribution in [2.75, 3.05) is 31.7 Å². The van der Waals surface area contributed by atoms with Gasteiger partial charge >= 0.3 is 0 Å². The number of rotatable bonds is 3. The third-order valence-electron chi connectivity index (χ3n) is 6.49. The Bertz CT molecular complexity index is 1310. The topological polar surface area (TPSA) is 84.1 Å². The molecule has 1 spiro atoms. The maximum absolute atomic E-state index is 15.6. The lowest BCUT2D eigenvalue weighted by atomic mass is 9.81. The van der Waals surface area contributed by atoms with Crippen molar-refractivity contribution in [1.82, 2.24) is 14.9 Å². The molecule has 1 aromatic carbocycles. The smallest absolute Gasteiger partial charge is 0.258 e. The summed E-state index contributed by atoms with van der Waals surface area (Å²) in [5.74, 6) is -0.502. The van der Waals surface area contributed by atoms with Crippen molar-refractivity contribution in [2.45, 2.75) is 18.3 Å². The number of benzene rings is 1. The Balaban J connectivity index is 1.64. The number of aromatic nitrogens is 2. The van der Waals surface area contributed by atoms with Gasteiger partial charge in [-0.1, -0.05) is 23.7 Å². The van der Waals surface area contributed by atoms with Crippen LogP contribution in [0.25, 0.3) is 16.7 Å². The molecule has 3 aromatic rings. The van der Waals surface area contributed by atoms with Crippen LogP contribution in [0, 0.1) is 5.82 Å². The summed E-state index contributed by atoms with van der Waals surface area (Å²) in [6, 6.07) is 7.05. The van der Waals surface area contributed by atoms with E-state index in [0.29, 0.717) is 22.9 Å². The molecule has 1 aliphatic carbocycles. The lowest BCUT2D eigenvalue weighted by molar-refractivity contribution is 0.0824. The molecule has 0 saturated heterocycles. The van der Waals surface area contributed by atoms with Gasteiger partial charge in [0, 0.05) is 67.0 Å². The number of allylic oxidation sites excluding steroid dienone is 1. The molecule has 3 heterocycles. The molecule has 1 unspecified atom stereocenters. The minimum absolute atomic E-state index is 0.0816.